The lowest BCUT2D eigenvalue weighted by molar-refractivity contribution is -0.146. The van der Waals surface area contributed by atoms with Gasteiger partial charge in [-0.15, -0.1) is 0 Å². The first-order valence-corrected chi connectivity index (χ1v) is 4.09. The maximum absolute atomic E-state index is 11.4. The van der Waals surface area contributed by atoms with Gasteiger partial charge in [0.15, 0.2) is 0 Å². The summed E-state index contributed by atoms with van der Waals surface area (Å²) < 4.78 is 4.69. The molecule has 0 spiro atoms. The van der Waals surface area contributed by atoms with E-state index in [9.17, 15) is 4.79 Å². The second-order valence-corrected chi connectivity index (χ2v) is 3.33. The largest absolute Gasteiger partial charge is 0.468 e. The molecule has 0 aliphatic rings. The predicted molar refractivity (Wildman–Crippen MR) is 49.3 cm³/mol. The number of hydrogen-bond acceptors (Lipinski definition) is 3. The van der Waals surface area contributed by atoms with E-state index in [1.165, 1.54) is 7.11 Å². The van der Waals surface area contributed by atoms with E-state index in [2.05, 4.69) is 4.98 Å². The zero-order valence-electron chi connectivity index (χ0n) is 8.07. The number of methoxy groups -OCH3 is 1. The maximum Gasteiger partial charge on any atom is 0.317 e. The molecule has 13 heavy (non-hydrogen) atoms. The number of carbonyl (C=O) groups is 1. The minimum absolute atomic E-state index is 0.272. The van der Waals surface area contributed by atoms with Gasteiger partial charge in [-0.05, 0) is 26.0 Å². The lowest BCUT2D eigenvalue weighted by Gasteiger charge is -2.20. The zero-order valence-corrected chi connectivity index (χ0v) is 8.07. The van der Waals surface area contributed by atoms with Gasteiger partial charge >= 0.3 is 5.97 Å². The van der Waals surface area contributed by atoms with Crippen LogP contribution >= 0.6 is 0 Å². The normalized spacial score (nSPS) is 11.0. The molecule has 1 aromatic heterocycles. The number of ether oxygens (including phenoxy) is 1. The van der Waals surface area contributed by atoms with Crippen molar-refractivity contribution in [1.29, 1.82) is 0 Å². The van der Waals surface area contributed by atoms with Gasteiger partial charge in [-0.1, -0.05) is 6.07 Å². The monoisotopic (exact) mass is 179 g/mol. The molecule has 0 aliphatic carbocycles. The standard InChI is InChI=1S/C10H13NO2/c1-10(2,9(12)13-3)8-6-4-5-7-11-8/h4-7H,1-3H3. The van der Waals surface area contributed by atoms with E-state index in [0.717, 1.165) is 5.69 Å². The summed E-state index contributed by atoms with van der Waals surface area (Å²) in [5, 5.41) is 0. The number of esters is 1. The highest BCUT2D eigenvalue weighted by atomic mass is 16.5. The third kappa shape index (κ3) is 1.86. The van der Waals surface area contributed by atoms with Crippen LogP contribution in [0.1, 0.15) is 19.5 Å². The number of pyridine rings is 1. The Morgan fingerprint density at radius 3 is 2.62 bits per heavy atom. The minimum Gasteiger partial charge on any atom is -0.468 e. The van der Waals surface area contributed by atoms with Crippen molar-refractivity contribution in [3.63, 3.8) is 0 Å². The summed E-state index contributed by atoms with van der Waals surface area (Å²) in [5.74, 6) is -0.272. The molecule has 0 bridgehead atoms. The van der Waals surface area contributed by atoms with Crippen LogP contribution < -0.4 is 0 Å². The average Bonchev–Trinajstić information content (AvgIpc) is 2.18. The molecule has 1 heterocycles. The number of nitrogens with zero attached hydrogens (tertiary/aromatic N) is 1. The molecular formula is C10H13NO2. The van der Waals surface area contributed by atoms with Gasteiger partial charge in [-0.25, -0.2) is 0 Å². The third-order valence-corrected chi connectivity index (χ3v) is 2.00. The van der Waals surface area contributed by atoms with Crippen LogP contribution in [0.2, 0.25) is 0 Å². The molecule has 0 aromatic carbocycles. The van der Waals surface area contributed by atoms with E-state index in [-0.39, 0.29) is 5.97 Å². The molecule has 0 unspecified atom stereocenters. The van der Waals surface area contributed by atoms with E-state index in [1.807, 2.05) is 18.2 Å². The first-order chi connectivity index (χ1) is 6.09. The van der Waals surface area contributed by atoms with Crippen molar-refractivity contribution < 1.29 is 9.53 Å². The molecule has 1 aromatic rings. The van der Waals surface area contributed by atoms with Gasteiger partial charge < -0.3 is 4.74 Å². The SMILES string of the molecule is COC(=O)C(C)(C)c1ccccn1. The lowest BCUT2D eigenvalue weighted by atomic mass is 9.89. The summed E-state index contributed by atoms with van der Waals surface area (Å²) in [7, 11) is 1.38. The molecular weight excluding hydrogens is 166 g/mol. The van der Waals surface area contributed by atoms with Gasteiger partial charge in [0.05, 0.1) is 12.8 Å². The maximum atomic E-state index is 11.4. The van der Waals surface area contributed by atoms with Crippen LogP contribution in [0.25, 0.3) is 0 Å². The summed E-state index contributed by atoms with van der Waals surface area (Å²) in [6, 6.07) is 5.49. The number of aromatic nitrogens is 1. The van der Waals surface area contributed by atoms with Crippen LogP contribution in [0.15, 0.2) is 24.4 Å². The second kappa shape index (κ2) is 3.56. The number of carbonyl (C=O) groups excluding carboxylic acids is 1. The fourth-order valence-electron chi connectivity index (χ4n) is 1.09. The summed E-state index contributed by atoms with van der Waals surface area (Å²) in [5.41, 5.74) is 0.0533. The van der Waals surface area contributed by atoms with Crippen molar-refractivity contribution in [3.8, 4) is 0 Å². The van der Waals surface area contributed by atoms with Crippen LogP contribution in [0, 0.1) is 0 Å². The fourth-order valence-corrected chi connectivity index (χ4v) is 1.09. The van der Waals surface area contributed by atoms with Crippen molar-refractivity contribution in [1.82, 2.24) is 4.98 Å². The van der Waals surface area contributed by atoms with Crippen LogP contribution in [-0.4, -0.2) is 18.1 Å². The van der Waals surface area contributed by atoms with Gasteiger partial charge in [-0.2, -0.15) is 0 Å². The molecule has 0 fully saturated rings. The van der Waals surface area contributed by atoms with E-state index in [0.29, 0.717) is 0 Å². The summed E-state index contributed by atoms with van der Waals surface area (Å²) in [6.45, 7) is 3.59. The lowest BCUT2D eigenvalue weighted by Crippen LogP contribution is -2.31. The van der Waals surface area contributed by atoms with Gasteiger partial charge in [0.1, 0.15) is 5.41 Å². The Hall–Kier alpha value is -1.38. The highest BCUT2D eigenvalue weighted by Gasteiger charge is 2.31. The van der Waals surface area contributed by atoms with Crippen LogP contribution in [-0.2, 0) is 14.9 Å². The van der Waals surface area contributed by atoms with Crippen molar-refractivity contribution in [2.24, 2.45) is 0 Å². The molecule has 0 atom stereocenters. The average molecular weight is 179 g/mol. The van der Waals surface area contributed by atoms with Gasteiger partial charge in [0.25, 0.3) is 0 Å². The predicted octanol–water partition coefficient (Wildman–Crippen LogP) is 1.53. The number of hydrogen-bond donors (Lipinski definition) is 0. The van der Waals surface area contributed by atoms with Crippen LogP contribution in [0.5, 0.6) is 0 Å². The van der Waals surface area contributed by atoms with Crippen molar-refractivity contribution in [2.75, 3.05) is 7.11 Å². The number of rotatable bonds is 2. The Balaban J connectivity index is 3.00. The molecule has 0 saturated carbocycles. The van der Waals surface area contributed by atoms with Gasteiger partial charge in [0, 0.05) is 6.20 Å². The zero-order chi connectivity index (χ0) is 9.90. The van der Waals surface area contributed by atoms with Gasteiger partial charge in [0.2, 0.25) is 0 Å². The Morgan fingerprint density at radius 1 is 1.46 bits per heavy atom. The van der Waals surface area contributed by atoms with Crippen molar-refractivity contribution in [3.05, 3.63) is 30.1 Å². The first-order valence-electron chi connectivity index (χ1n) is 4.09. The van der Waals surface area contributed by atoms with E-state index < -0.39 is 5.41 Å². The quantitative estimate of drug-likeness (QED) is 0.646. The smallest absolute Gasteiger partial charge is 0.317 e. The van der Waals surface area contributed by atoms with E-state index in [1.54, 1.807) is 20.0 Å². The van der Waals surface area contributed by atoms with Crippen molar-refractivity contribution in [2.45, 2.75) is 19.3 Å². The van der Waals surface area contributed by atoms with Crippen LogP contribution in [0.3, 0.4) is 0 Å². The molecule has 0 amide bonds. The molecule has 0 saturated heterocycles. The summed E-state index contributed by atoms with van der Waals surface area (Å²) >= 11 is 0. The summed E-state index contributed by atoms with van der Waals surface area (Å²) in [6.07, 6.45) is 1.67. The molecule has 0 N–H and O–H groups in total. The third-order valence-electron chi connectivity index (χ3n) is 2.00. The van der Waals surface area contributed by atoms with Crippen molar-refractivity contribution >= 4 is 5.97 Å². The molecule has 1 rings (SSSR count). The Bertz CT molecular complexity index is 293. The van der Waals surface area contributed by atoms with Crippen LogP contribution in [0.4, 0.5) is 0 Å². The van der Waals surface area contributed by atoms with E-state index in [4.69, 9.17) is 4.74 Å². The fraction of sp³-hybridized carbons (Fsp3) is 0.400. The Morgan fingerprint density at radius 2 is 2.15 bits per heavy atom. The highest BCUT2D eigenvalue weighted by Crippen LogP contribution is 2.21. The Labute approximate surface area is 77.8 Å². The highest BCUT2D eigenvalue weighted by molar-refractivity contribution is 5.81. The van der Waals surface area contributed by atoms with E-state index >= 15 is 0 Å². The Kier molecular flexibility index (Phi) is 2.66. The molecule has 0 radical (unpaired) electrons. The first kappa shape index (κ1) is 9.71. The van der Waals surface area contributed by atoms with Gasteiger partial charge in [-0.3, -0.25) is 9.78 Å². The molecule has 70 valence electrons. The topological polar surface area (TPSA) is 39.2 Å². The molecule has 3 nitrogen and oxygen atoms in total. The minimum atomic E-state index is -0.671. The summed E-state index contributed by atoms with van der Waals surface area (Å²) in [4.78, 5) is 15.5. The second-order valence-electron chi connectivity index (χ2n) is 3.33. The molecule has 3 heteroatoms. The molecule has 0 aliphatic heterocycles.